The van der Waals surface area contributed by atoms with E-state index in [1.54, 1.807) is 0 Å². The predicted octanol–water partition coefficient (Wildman–Crippen LogP) is 4.66. The number of anilines is 1. The van der Waals surface area contributed by atoms with Crippen LogP contribution in [0.1, 0.15) is 42.5 Å². The zero-order valence-electron chi connectivity index (χ0n) is 12.3. The van der Waals surface area contributed by atoms with E-state index in [1.807, 2.05) is 18.2 Å². The van der Waals surface area contributed by atoms with Crippen LogP contribution in [0.5, 0.6) is 5.75 Å². The summed E-state index contributed by atoms with van der Waals surface area (Å²) in [5.74, 6) is 1.49. The van der Waals surface area contributed by atoms with Crippen LogP contribution >= 0.6 is 0 Å². The van der Waals surface area contributed by atoms with E-state index in [0.717, 1.165) is 11.4 Å². The number of hydrogen-bond donors (Lipinski definition) is 1. The van der Waals surface area contributed by atoms with Crippen LogP contribution < -0.4 is 10.1 Å². The van der Waals surface area contributed by atoms with Gasteiger partial charge in [0.2, 0.25) is 0 Å². The first-order chi connectivity index (χ1) is 9.65. The molecule has 20 heavy (non-hydrogen) atoms. The molecule has 0 bridgehead atoms. The lowest BCUT2D eigenvalue weighted by molar-refractivity contribution is 0.286. The number of ether oxygens (including phenoxy) is 1. The van der Waals surface area contributed by atoms with Crippen LogP contribution in [-0.2, 0) is 0 Å². The summed E-state index contributed by atoms with van der Waals surface area (Å²) in [6, 6.07) is 15.1. The van der Waals surface area contributed by atoms with Crippen molar-refractivity contribution in [3.05, 3.63) is 59.2 Å². The van der Waals surface area contributed by atoms with Crippen molar-refractivity contribution in [2.75, 3.05) is 11.9 Å². The lowest BCUT2D eigenvalue weighted by Crippen LogP contribution is -2.24. The van der Waals surface area contributed by atoms with Crippen molar-refractivity contribution >= 4 is 5.69 Å². The van der Waals surface area contributed by atoms with Crippen molar-refractivity contribution in [1.82, 2.24) is 0 Å². The average molecular weight is 267 g/mol. The van der Waals surface area contributed by atoms with Crippen molar-refractivity contribution in [2.45, 2.75) is 32.7 Å². The van der Waals surface area contributed by atoms with E-state index in [1.165, 1.54) is 16.7 Å². The van der Waals surface area contributed by atoms with Gasteiger partial charge >= 0.3 is 0 Å². The number of nitrogens with one attached hydrogen (secondary N) is 1. The van der Waals surface area contributed by atoms with Crippen molar-refractivity contribution in [2.24, 2.45) is 0 Å². The van der Waals surface area contributed by atoms with E-state index in [2.05, 4.69) is 50.4 Å². The zero-order chi connectivity index (χ0) is 14.1. The molecule has 1 unspecified atom stereocenters. The highest BCUT2D eigenvalue weighted by molar-refractivity contribution is 5.59. The largest absolute Gasteiger partial charge is 0.489 e. The summed E-state index contributed by atoms with van der Waals surface area (Å²) in [5.41, 5.74) is 5.12. The molecule has 0 fully saturated rings. The summed E-state index contributed by atoms with van der Waals surface area (Å²) in [6.45, 7) is 7.31. The SMILES string of the molecule is Cc1ccc(C(C)C)cc1C1COc2ccccc2N1. The van der Waals surface area contributed by atoms with Crippen LogP contribution in [0, 0.1) is 6.92 Å². The van der Waals surface area contributed by atoms with Crippen LogP contribution in [0.4, 0.5) is 5.69 Å². The second kappa shape index (κ2) is 5.20. The molecular weight excluding hydrogens is 246 g/mol. The third-order valence-corrected chi connectivity index (χ3v) is 3.97. The number of benzene rings is 2. The third-order valence-electron chi connectivity index (χ3n) is 3.97. The number of hydrogen-bond acceptors (Lipinski definition) is 2. The normalized spacial score (nSPS) is 17.3. The van der Waals surface area contributed by atoms with E-state index >= 15 is 0 Å². The maximum absolute atomic E-state index is 5.88. The van der Waals surface area contributed by atoms with Gasteiger partial charge < -0.3 is 10.1 Å². The molecule has 0 aromatic heterocycles. The number of aryl methyl sites for hydroxylation is 1. The summed E-state index contributed by atoms with van der Waals surface area (Å²) < 4.78 is 5.88. The lowest BCUT2D eigenvalue weighted by Gasteiger charge is -2.29. The fraction of sp³-hybridized carbons (Fsp3) is 0.333. The Morgan fingerprint density at radius 1 is 1.15 bits per heavy atom. The van der Waals surface area contributed by atoms with Crippen molar-refractivity contribution < 1.29 is 4.74 Å². The molecule has 2 aromatic rings. The van der Waals surface area contributed by atoms with Crippen LogP contribution in [0.15, 0.2) is 42.5 Å². The van der Waals surface area contributed by atoms with Gasteiger partial charge in [-0.25, -0.2) is 0 Å². The van der Waals surface area contributed by atoms with Gasteiger partial charge in [-0.2, -0.15) is 0 Å². The molecule has 0 spiro atoms. The molecule has 3 rings (SSSR count). The Morgan fingerprint density at radius 2 is 1.95 bits per heavy atom. The predicted molar refractivity (Wildman–Crippen MR) is 83.6 cm³/mol. The lowest BCUT2D eigenvalue weighted by atomic mass is 9.93. The number of para-hydroxylation sites is 2. The summed E-state index contributed by atoms with van der Waals surface area (Å²) in [4.78, 5) is 0. The second-order valence-corrected chi connectivity index (χ2v) is 5.77. The molecule has 2 heteroatoms. The Hall–Kier alpha value is -1.96. The molecular formula is C18H21NO. The molecule has 1 heterocycles. The van der Waals surface area contributed by atoms with Crippen LogP contribution in [-0.4, -0.2) is 6.61 Å². The van der Waals surface area contributed by atoms with Crippen LogP contribution in [0.3, 0.4) is 0 Å². The van der Waals surface area contributed by atoms with Gasteiger partial charge in [0, 0.05) is 0 Å². The first-order valence-electron chi connectivity index (χ1n) is 7.24. The fourth-order valence-electron chi connectivity index (χ4n) is 2.68. The fourth-order valence-corrected chi connectivity index (χ4v) is 2.68. The van der Waals surface area contributed by atoms with E-state index in [0.29, 0.717) is 12.5 Å². The maximum atomic E-state index is 5.88. The topological polar surface area (TPSA) is 21.3 Å². The van der Waals surface area contributed by atoms with Gasteiger partial charge in [-0.15, -0.1) is 0 Å². The monoisotopic (exact) mass is 267 g/mol. The Bertz CT molecular complexity index is 619. The molecule has 0 radical (unpaired) electrons. The van der Waals surface area contributed by atoms with Gasteiger partial charge in [0.1, 0.15) is 12.4 Å². The minimum Gasteiger partial charge on any atom is -0.489 e. The molecule has 1 aliphatic rings. The second-order valence-electron chi connectivity index (χ2n) is 5.77. The Kier molecular flexibility index (Phi) is 3.39. The third kappa shape index (κ3) is 2.38. The van der Waals surface area contributed by atoms with Gasteiger partial charge in [0.15, 0.2) is 0 Å². The quantitative estimate of drug-likeness (QED) is 0.854. The Labute approximate surface area is 120 Å². The van der Waals surface area contributed by atoms with Crippen molar-refractivity contribution in [1.29, 1.82) is 0 Å². The number of fused-ring (bicyclic) bond motifs is 1. The first kappa shape index (κ1) is 13.0. The molecule has 104 valence electrons. The van der Waals surface area contributed by atoms with Gasteiger partial charge in [-0.3, -0.25) is 0 Å². The van der Waals surface area contributed by atoms with Crippen molar-refractivity contribution in [3.8, 4) is 5.75 Å². The van der Waals surface area contributed by atoms with Crippen molar-refractivity contribution in [3.63, 3.8) is 0 Å². The van der Waals surface area contributed by atoms with E-state index in [-0.39, 0.29) is 6.04 Å². The van der Waals surface area contributed by atoms with Gasteiger partial charge in [0.05, 0.1) is 11.7 Å². The summed E-state index contributed by atoms with van der Waals surface area (Å²) in [5, 5.41) is 3.60. The molecule has 0 aliphatic carbocycles. The molecule has 0 saturated heterocycles. The molecule has 0 saturated carbocycles. The smallest absolute Gasteiger partial charge is 0.142 e. The van der Waals surface area contributed by atoms with Crippen LogP contribution in [0.2, 0.25) is 0 Å². The highest BCUT2D eigenvalue weighted by Crippen LogP contribution is 2.35. The van der Waals surface area contributed by atoms with Crippen LogP contribution in [0.25, 0.3) is 0 Å². The first-order valence-corrected chi connectivity index (χ1v) is 7.24. The molecule has 1 aliphatic heterocycles. The van der Waals surface area contributed by atoms with Gasteiger partial charge in [-0.1, -0.05) is 44.2 Å². The minimum absolute atomic E-state index is 0.226. The van der Waals surface area contributed by atoms with E-state index in [4.69, 9.17) is 4.74 Å². The molecule has 1 N–H and O–H groups in total. The average Bonchev–Trinajstić information content (AvgIpc) is 2.47. The Balaban J connectivity index is 1.93. The molecule has 0 amide bonds. The minimum atomic E-state index is 0.226. The highest BCUT2D eigenvalue weighted by atomic mass is 16.5. The highest BCUT2D eigenvalue weighted by Gasteiger charge is 2.21. The number of rotatable bonds is 2. The molecule has 2 nitrogen and oxygen atoms in total. The molecule has 1 atom stereocenters. The van der Waals surface area contributed by atoms with E-state index < -0.39 is 0 Å². The van der Waals surface area contributed by atoms with Gasteiger partial charge in [0.25, 0.3) is 0 Å². The zero-order valence-corrected chi connectivity index (χ0v) is 12.3. The summed E-state index contributed by atoms with van der Waals surface area (Å²) >= 11 is 0. The maximum Gasteiger partial charge on any atom is 0.142 e. The van der Waals surface area contributed by atoms with E-state index in [9.17, 15) is 0 Å². The standard InChI is InChI=1S/C18H21NO/c1-12(2)14-9-8-13(3)15(10-14)17-11-20-18-7-5-4-6-16(18)19-17/h4-10,12,17,19H,11H2,1-3H3. The Morgan fingerprint density at radius 3 is 2.75 bits per heavy atom. The summed E-state index contributed by atoms with van der Waals surface area (Å²) in [7, 11) is 0. The molecule has 2 aromatic carbocycles. The summed E-state index contributed by atoms with van der Waals surface area (Å²) in [6.07, 6.45) is 0. The van der Waals surface area contributed by atoms with Gasteiger partial charge in [-0.05, 0) is 41.7 Å².